The molecule has 0 heterocycles. The van der Waals surface area contributed by atoms with Gasteiger partial charge < -0.3 is 10.2 Å². The van der Waals surface area contributed by atoms with Gasteiger partial charge in [-0.2, -0.15) is 13.2 Å². The van der Waals surface area contributed by atoms with E-state index in [-0.39, 0.29) is 0 Å². The van der Waals surface area contributed by atoms with E-state index in [1.54, 1.807) is 0 Å². The molecule has 0 saturated carbocycles. The van der Waals surface area contributed by atoms with Gasteiger partial charge in [0, 0.05) is 11.6 Å². The lowest BCUT2D eigenvalue weighted by molar-refractivity contribution is -0.388. The molecule has 0 fully saturated rings. The monoisotopic (exact) mass is 280 g/mol. The highest BCUT2D eigenvalue weighted by Gasteiger charge is 2.40. The Morgan fingerprint density at radius 1 is 1.42 bits per heavy atom. The SMILES string of the molecule is CC(O)C(N)(O)c1ccc([N+](=O)[O-])c(C(F)(F)F)c1. The van der Waals surface area contributed by atoms with E-state index >= 15 is 0 Å². The van der Waals surface area contributed by atoms with E-state index in [0.29, 0.717) is 12.1 Å². The number of nitro groups is 1. The summed E-state index contributed by atoms with van der Waals surface area (Å²) in [6.45, 7) is 1.08. The van der Waals surface area contributed by atoms with Gasteiger partial charge in [0.15, 0.2) is 5.72 Å². The number of hydrogen-bond acceptors (Lipinski definition) is 5. The number of nitrogens with two attached hydrogens (primary N) is 1. The second-order valence-corrected chi connectivity index (χ2v) is 3.99. The predicted molar refractivity (Wildman–Crippen MR) is 57.9 cm³/mol. The third kappa shape index (κ3) is 3.00. The molecule has 0 aliphatic rings. The van der Waals surface area contributed by atoms with Crippen molar-refractivity contribution in [2.24, 2.45) is 5.73 Å². The van der Waals surface area contributed by atoms with Crippen LogP contribution in [0.1, 0.15) is 18.1 Å². The molecule has 1 rings (SSSR count). The van der Waals surface area contributed by atoms with Crippen LogP contribution < -0.4 is 5.73 Å². The van der Waals surface area contributed by atoms with Gasteiger partial charge in [-0.05, 0) is 19.1 Å². The van der Waals surface area contributed by atoms with Crippen LogP contribution in [0.4, 0.5) is 18.9 Å². The lowest BCUT2D eigenvalue weighted by Crippen LogP contribution is -2.46. The molecular weight excluding hydrogens is 269 g/mol. The van der Waals surface area contributed by atoms with Crippen molar-refractivity contribution in [2.45, 2.75) is 24.9 Å². The Morgan fingerprint density at radius 3 is 2.32 bits per heavy atom. The molecule has 0 bridgehead atoms. The molecule has 0 radical (unpaired) electrons. The second kappa shape index (κ2) is 4.76. The van der Waals surface area contributed by atoms with Crippen molar-refractivity contribution in [3.8, 4) is 0 Å². The van der Waals surface area contributed by atoms with Gasteiger partial charge >= 0.3 is 6.18 Å². The number of aliphatic hydroxyl groups excluding tert-OH is 1. The van der Waals surface area contributed by atoms with E-state index < -0.39 is 39.7 Å². The summed E-state index contributed by atoms with van der Waals surface area (Å²) in [7, 11) is 0. The smallest absolute Gasteiger partial charge is 0.389 e. The standard InChI is InChI=1S/C10H11F3N2O4/c1-5(16)9(14,17)6-2-3-8(15(18)19)7(4-6)10(11,12)13/h2-5,16-17H,14H2,1H3. The van der Waals surface area contributed by atoms with Crippen LogP contribution in [0.5, 0.6) is 0 Å². The Balaban J connectivity index is 3.47. The zero-order chi connectivity index (χ0) is 15.0. The predicted octanol–water partition coefficient (Wildman–Crippen LogP) is 1.10. The van der Waals surface area contributed by atoms with Crippen LogP contribution >= 0.6 is 0 Å². The number of alkyl halides is 3. The van der Waals surface area contributed by atoms with E-state index in [1.807, 2.05) is 0 Å². The maximum Gasteiger partial charge on any atom is 0.423 e. The average Bonchev–Trinajstić information content (AvgIpc) is 2.26. The molecule has 2 unspecified atom stereocenters. The minimum Gasteiger partial charge on any atom is -0.389 e. The first-order chi connectivity index (χ1) is 8.48. The summed E-state index contributed by atoms with van der Waals surface area (Å²) in [6, 6.07) is 1.79. The van der Waals surface area contributed by atoms with Crippen LogP contribution in [0.25, 0.3) is 0 Å². The minimum atomic E-state index is -4.98. The van der Waals surface area contributed by atoms with Crippen LogP contribution in [0.2, 0.25) is 0 Å². The first-order valence-corrected chi connectivity index (χ1v) is 5.03. The highest BCUT2D eigenvalue weighted by molar-refractivity contribution is 5.46. The molecule has 1 aromatic rings. The molecule has 0 aromatic heterocycles. The number of hydrogen-bond donors (Lipinski definition) is 3. The molecule has 106 valence electrons. The fourth-order valence-corrected chi connectivity index (χ4v) is 1.41. The second-order valence-electron chi connectivity index (χ2n) is 3.99. The van der Waals surface area contributed by atoms with Gasteiger partial charge in [-0.15, -0.1) is 0 Å². The maximum absolute atomic E-state index is 12.7. The lowest BCUT2D eigenvalue weighted by Gasteiger charge is -2.27. The largest absolute Gasteiger partial charge is 0.423 e. The first kappa shape index (κ1) is 15.3. The Labute approximate surface area is 105 Å². The summed E-state index contributed by atoms with van der Waals surface area (Å²) in [5.41, 5.74) is -0.317. The number of nitro benzene ring substituents is 1. The molecule has 2 atom stereocenters. The Morgan fingerprint density at radius 2 is 1.95 bits per heavy atom. The third-order valence-corrected chi connectivity index (χ3v) is 2.60. The van der Waals surface area contributed by atoms with Crippen LogP contribution in [-0.4, -0.2) is 21.2 Å². The lowest BCUT2D eigenvalue weighted by atomic mass is 9.96. The summed E-state index contributed by atoms with van der Waals surface area (Å²) in [5.74, 6) is 0. The number of rotatable bonds is 3. The zero-order valence-corrected chi connectivity index (χ0v) is 9.68. The van der Waals surface area contributed by atoms with Crippen molar-refractivity contribution >= 4 is 5.69 Å². The van der Waals surface area contributed by atoms with E-state index in [2.05, 4.69) is 0 Å². The minimum absolute atomic E-state index is 0.352. The normalized spacial score (nSPS) is 16.8. The summed E-state index contributed by atoms with van der Waals surface area (Å²) in [5, 5.41) is 29.4. The zero-order valence-electron chi connectivity index (χ0n) is 9.68. The summed E-state index contributed by atoms with van der Waals surface area (Å²) < 4.78 is 38.1. The van der Waals surface area contributed by atoms with Crippen molar-refractivity contribution in [3.63, 3.8) is 0 Å². The third-order valence-electron chi connectivity index (χ3n) is 2.60. The molecule has 0 aliphatic heterocycles. The highest BCUT2D eigenvalue weighted by atomic mass is 19.4. The number of nitrogens with zero attached hydrogens (tertiary/aromatic N) is 1. The topological polar surface area (TPSA) is 110 Å². The van der Waals surface area contributed by atoms with Gasteiger partial charge in [0.1, 0.15) is 5.56 Å². The van der Waals surface area contributed by atoms with Crippen LogP contribution in [0.15, 0.2) is 18.2 Å². The molecule has 0 amide bonds. The highest BCUT2D eigenvalue weighted by Crippen LogP contribution is 2.38. The molecule has 6 nitrogen and oxygen atoms in total. The summed E-state index contributed by atoms with van der Waals surface area (Å²) in [4.78, 5) is 9.34. The van der Waals surface area contributed by atoms with Crippen molar-refractivity contribution in [1.82, 2.24) is 0 Å². The van der Waals surface area contributed by atoms with Crippen LogP contribution in [0, 0.1) is 10.1 Å². The maximum atomic E-state index is 12.7. The molecule has 4 N–H and O–H groups in total. The Bertz CT molecular complexity index is 500. The van der Waals surface area contributed by atoms with Gasteiger partial charge in [-0.3, -0.25) is 15.8 Å². The fourth-order valence-electron chi connectivity index (χ4n) is 1.41. The molecule has 1 aromatic carbocycles. The molecular formula is C10H11F3N2O4. The number of aliphatic hydroxyl groups is 2. The van der Waals surface area contributed by atoms with E-state index in [9.17, 15) is 33.5 Å². The number of halogens is 3. The summed E-state index contributed by atoms with van der Waals surface area (Å²) >= 11 is 0. The van der Waals surface area contributed by atoms with Gasteiger partial charge in [0.2, 0.25) is 0 Å². The summed E-state index contributed by atoms with van der Waals surface area (Å²) in [6.07, 6.45) is -6.54. The van der Waals surface area contributed by atoms with E-state index in [1.165, 1.54) is 0 Å². The van der Waals surface area contributed by atoms with Crippen LogP contribution in [-0.2, 0) is 11.9 Å². The molecule has 0 spiro atoms. The van der Waals surface area contributed by atoms with Crippen molar-refractivity contribution in [3.05, 3.63) is 39.4 Å². The first-order valence-electron chi connectivity index (χ1n) is 5.03. The Hall–Kier alpha value is -1.71. The molecule has 0 saturated heterocycles. The van der Waals surface area contributed by atoms with Gasteiger partial charge in [-0.1, -0.05) is 0 Å². The van der Waals surface area contributed by atoms with Crippen molar-refractivity contribution in [2.75, 3.05) is 0 Å². The van der Waals surface area contributed by atoms with Gasteiger partial charge in [0.05, 0.1) is 11.0 Å². The van der Waals surface area contributed by atoms with Gasteiger partial charge in [0.25, 0.3) is 5.69 Å². The number of benzene rings is 1. The Kier molecular flexibility index (Phi) is 3.84. The fraction of sp³-hybridized carbons (Fsp3) is 0.400. The molecule has 0 aliphatic carbocycles. The molecule has 9 heteroatoms. The van der Waals surface area contributed by atoms with Crippen LogP contribution in [0.3, 0.4) is 0 Å². The van der Waals surface area contributed by atoms with E-state index in [0.717, 1.165) is 13.0 Å². The van der Waals surface area contributed by atoms with E-state index in [4.69, 9.17) is 5.73 Å². The quantitative estimate of drug-likeness (QED) is 0.436. The molecule has 19 heavy (non-hydrogen) atoms. The van der Waals surface area contributed by atoms with Gasteiger partial charge in [-0.25, -0.2) is 0 Å². The van der Waals surface area contributed by atoms with Crippen molar-refractivity contribution < 1.29 is 28.3 Å². The average molecular weight is 280 g/mol. The van der Waals surface area contributed by atoms with Crippen molar-refractivity contribution in [1.29, 1.82) is 0 Å².